The number of hydrogen-bond donors (Lipinski definition) is 1. The third-order valence-corrected chi connectivity index (χ3v) is 8.45. The number of hydrogen-bond acceptors (Lipinski definition) is 4. The highest BCUT2D eigenvalue weighted by Gasteiger charge is 2.33. The van der Waals surface area contributed by atoms with Gasteiger partial charge in [0, 0.05) is 43.8 Å². The molecule has 6 aromatic carbocycles. The first-order valence-electron chi connectivity index (χ1n) is 14.0. The highest BCUT2D eigenvalue weighted by atomic mass is 16.4. The van der Waals surface area contributed by atoms with Crippen LogP contribution < -0.4 is 0 Å². The average molecular weight is 539 g/mol. The number of benzene rings is 6. The fourth-order valence-corrected chi connectivity index (χ4v) is 6.77. The SMILES string of the molecule is O/N=C1/c2ccccc2-c2c1c1c3ccccc3n(-c3nc(-c4ccccc4)c4ccccc4n3)c1c1ccccc21. The van der Waals surface area contributed by atoms with Crippen molar-refractivity contribution >= 4 is 49.2 Å². The maximum Gasteiger partial charge on any atom is 0.235 e. The monoisotopic (exact) mass is 538 g/mol. The lowest BCUT2D eigenvalue weighted by Crippen LogP contribution is -2.04. The maximum absolute atomic E-state index is 10.4. The van der Waals surface area contributed by atoms with E-state index in [0.29, 0.717) is 11.7 Å². The van der Waals surface area contributed by atoms with E-state index in [9.17, 15) is 5.21 Å². The Hall–Kier alpha value is -5.81. The minimum absolute atomic E-state index is 0.587. The van der Waals surface area contributed by atoms with Gasteiger partial charge in [-0.3, -0.25) is 4.57 Å². The summed E-state index contributed by atoms with van der Waals surface area (Å²) in [5.74, 6) is 0.599. The van der Waals surface area contributed by atoms with Gasteiger partial charge in [-0.15, -0.1) is 0 Å². The van der Waals surface area contributed by atoms with Gasteiger partial charge in [-0.2, -0.15) is 0 Å². The van der Waals surface area contributed by atoms with Crippen molar-refractivity contribution in [1.82, 2.24) is 14.5 Å². The fraction of sp³-hybridized carbons (Fsp3) is 0. The molecule has 196 valence electrons. The van der Waals surface area contributed by atoms with Crippen molar-refractivity contribution in [1.29, 1.82) is 0 Å². The molecule has 0 bridgehead atoms. The molecule has 0 amide bonds. The first-order valence-corrected chi connectivity index (χ1v) is 14.0. The van der Waals surface area contributed by atoms with Crippen LogP contribution in [0, 0.1) is 0 Å². The molecule has 5 nitrogen and oxygen atoms in total. The van der Waals surface area contributed by atoms with E-state index in [1.165, 1.54) is 0 Å². The van der Waals surface area contributed by atoms with E-state index < -0.39 is 0 Å². The molecule has 0 atom stereocenters. The summed E-state index contributed by atoms with van der Waals surface area (Å²) in [5, 5.41) is 19.6. The number of rotatable bonds is 2. The first kappa shape index (κ1) is 22.9. The molecule has 1 N–H and O–H groups in total. The molecule has 0 fully saturated rings. The predicted molar refractivity (Wildman–Crippen MR) is 170 cm³/mol. The molecular formula is C37H22N4O. The Bertz CT molecular complexity index is 2420. The van der Waals surface area contributed by atoms with Crippen LogP contribution in [0.25, 0.3) is 71.8 Å². The molecule has 2 aromatic heterocycles. The van der Waals surface area contributed by atoms with Gasteiger partial charge in [0.05, 0.1) is 22.2 Å². The van der Waals surface area contributed by atoms with Gasteiger partial charge >= 0.3 is 0 Å². The molecule has 1 aliphatic rings. The van der Waals surface area contributed by atoms with Crippen LogP contribution in [-0.4, -0.2) is 25.5 Å². The molecule has 0 saturated carbocycles. The topological polar surface area (TPSA) is 63.3 Å². The van der Waals surface area contributed by atoms with Crippen LogP contribution >= 0.6 is 0 Å². The molecule has 0 aliphatic heterocycles. The van der Waals surface area contributed by atoms with Crippen molar-refractivity contribution in [2.24, 2.45) is 5.16 Å². The number of oxime groups is 1. The van der Waals surface area contributed by atoms with E-state index in [1.807, 2.05) is 54.6 Å². The maximum atomic E-state index is 10.4. The van der Waals surface area contributed by atoms with Crippen molar-refractivity contribution in [2.75, 3.05) is 0 Å². The predicted octanol–water partition coefficient (Wildman–Crippen LogP) is 8.75. The quantitative estimate of drug-likeness (QED) is 0.177. The molecule has 0 radical (unpaired) electrons. The molecule has 9 rings (SSSR count). The Balaban J connectivity index is 1.51. The molecule has 0 saturated heterocycles. The third kappa shape index (κ3) is 2.99. The van der Waals surface area contributed by atoms with Crippen LogP contribution in [-0.2, 0) is 0 Å². The molecule has 5 heteroatoms. The van der Waals surface area contributed by atoms with Gasteiger partial charge in [-0.05, 0) is 23.1 Å². The van der Waals surface area contributed by atoms with Gasteiger partial charge in [-0.25, -0.2) is 9.97 Å². The van der Waals surface area contributed by atoms with Crippen LogP contribution in [0.5, 0.6) is 0 Å². The summed E-state index contributed by atoms with van der Waals surface area (Å²) in [7, 11) is 0. The molecule has 1 aliphatic carbocycles. The van der Waals surface area contributed by atoms with Gasteiger partial charge in [-0.1, -0.05) is 120 Å². The average Bonchev–Trinajstić information content (AvgIpc) is 3.58. The Morgan fingerprint density at radius 2 is 1.19 bits per heavy atom. The summed E-state index contributed by atoms with van der Waals surface area (Å²) in [6.07, 6.45) is 0. The lowest BCUT2D eigenvalue weighted by molar-refractivity contribution is 0.320. The Labute approximate surface area is 240 Å². The van der Waals surface area contributed by atoms with Crippen LogP contribution in [0.15, 0.2) is 133 Å². The van der Waals surface area contributed by atoms with Gasteiger partial charge < -0.3 is 5.21 Å². The number of fused-ring (bicyclic) bond motifs is 11. The van der Waals surface area contributed by atoms with Crippen molar-refractivity contribution in [3.63, 3.8) is 0 Å². The highest BCUT2D eigenvalue weighted by molar-refractivity contribution is 6.38. The van der Waals surface area contributed by atoms with E-state index in [0.717, 1.165) is 77.0 Å². The summed E-state index contributed by atoms with van der Waals surface area (Å²) < 4.78 is 2.18. The minimum atomic E-state index is 0.587. The standard InChI is InChI=1S/C37H22N4O/c42-40-35-25-16-6-4-14-23(25)31-24-15-5-7-17-26(24)36-32(33(31)35)28-19-9-11-21-30(28)41(36)37-38-29-20-10-8-18-27(29)34(39-37)22-12-2-1-3-13-22/h1-21,42H/b40-35-. The Kier molecular flexibility index (Phi) is 4.70. The number of nitrogens with zero attached hydrogens (tertiary/aromatic N) is 4. The Morgan fingerprint density at radius 1 is 0.548 bits per heavy atom. The van der Waals surface area contributed by atoms with Gasteiger partial charge in [0.25, 0.3) is 0 Å². The second-order valence-corrected chi connectivity index (χ2v) is 10.6. The zero-order chi connectivity index (χ0) is 27.8. The van der Waals surface area contributed by atoms with E-state index in [1.54, 1.807) is 0 Å². The second-order valence-electron chi connectivity index (χ2n) is 10.6. The number of para-hydroxylation sites is 2. The van der Waals surface area contributed by atoms with E-state index in [2.05, 4.69) is 82.5 Å². The van der Waals surface area contributed by atoms with Crippen LogP contribution in [0.3, 0.4) is 0 Å². The smallest absolute Gasteiger partial charge is 0.235 e. The summed E-state index contributed by atoms with van der Waals surface area (Å²) in [4.78, 5) is 10.4. The largest absolute Gasteiger partial charge is 0.410 e. The summed E-state index contributed by atoms with van der Waals surface area (Å²) in [6, 6.07) is 43.5. The zero-order valence-electron chi connectivity index (χ0n) is 22.4. The third-order valence-electron chi connectivity index (χ3n) is 8.45. The highest BCUT2D eigenvalue weighted by Crippen LogP contribution is 2.49. The van der Waals surface area contributed by atoms with Crippen molar-refractivity contribution < 1.29 is 5.21 Å². The molecular weight excluding hydrogens is 516 g/mol. The lowest BCUT2D eigenvalue weighted by atomic mass is 9.93. The van der Waals surface area contributed by atoms with Crippen LogP contribution in [0.2, 0.25) is 0 Å². The van der Waals surface area contributed by atoms with Crippen molar-refractivity contribution in [3.05, 3.63) is 139 Å². The van der Waals surface area contributed by atoms with Crippen molar-refractivity contribution in [2.45, 2.75) is 0 Å². The fourth-order valence-electron chi connectivity index (χ4n) is 6.77. The molecule has 2 heterocycles. The van der Waals surface area contributed by atoms with Gasteiger partial charge in [0.15, 0.2) is 0 Å². The number of aromatic nitrogens is 3. The molecule has 0 spiro atoms. The summed E-state index contributed by atoms with van der Waals surface area (Å²) >= 11 is 0. The van der Waals surface area contributed by atoms with Gasteiger partial charge in [0.1, 0.15) is 5.71 Å². The normalized spacial score (nSPS) is 13.4. The lowest BCUT2D eigenvalue weighted by Gasteiger charge is -2.14. The Morgan fingerprint density at radius 3 is 2.00 bits per heavy atom. The van der Waals surface area contributed by atoms with Crippen LogP contribution in [0.1, 0.15) is 11.1 Å². The summed E-state index contributed by atoms with van der Waals surface area (Å²) in [6.45, 7) is 0. The van der Waals surface area contributed by atoms with E-state index in [-0.39, 0.29) is 0 Å². The molecule has 8 aromatic rings. The minimum Gasteiger partial charge on any atom is -0.410 e. The van der Waals surface area contributed by atoms with E-state index >= 15 is 0 Å². The summed E-state index contributed by atoms with van der Waals surface area (Å²) in [5.41, 5.74) is 9.40. The van der Waals surface area contributed by atoms with E-state index in [4.69, 9.17) is 9.97 Å². The molecule has 42 heavy (non-hydrogen) atoms. The molecule has 0 unspecified atom stereocenters. The van der Waals surface area contributed by atoms with Crippen molar-refractivity contribution in [3.8, 4) is 28.3 Å². The first-order chi connectivity index (χ1) is 20.8. The second kappa shape index (κ2) is 8.59. The zero-order valence-corrected chi connectivity index (χ0v) is 22.4. The van der Waals surface area contributed by atoms with Gasteiger partial charge in [0.2, 0.25) is 5.95 Å². The van der Waals surface area contributed by atoms with Crippen LogP contribution in [0.4, 0.5) is 0 Å².